The molecule has 0 heterocycles. The molecule has 0 aromatic heterocycles. The van der Waals surface area contributed by atoms with Gasteiger partial charge in [0.05, 0.1) is 0 Å². The van der Waals surface area contributed by atoms with Crippen LogP contribution in [0.15, 0.2) is 28.7 Å². The van der Waals surface area contributed by atoms with Gasteiger partial charge in [-0.05, 0) is 31.5 Å². The molecule has 0 aliphatic rings. The minimum atomic E-state index is -1.06. The molecule has 0 saturated carbocycles. The van der Waals surface area contributed by atoms with Crippen LogP contribution in [0.4, 0.5) is 0 Å². The van der Waals surface area contributed by atoms with Gasteiger partial charge < -0.3 is 5.11 Å². The minimum absolute atomic E-state index is 0.802. The lowest BCUT2D eigenvalue weighted by Gasteiger charge is -2.16. The molecule has 1 rings (SSSR count). The van der Waals surface area contributed by atoms with E-state index in [2.05, 4.69) is 27.8 Å². The highest BCUT2D eigenvalue weighted by molar-refractivity contribution is 9.10. The van der Waals surface area contributed by atoms with E-state index in [-0.39, 0.29) is 0 Å². The van der Waals surface area contributed by atoms with Crippen LogP contribution in [-0.2, 0) is 5.60 Å². The van der Waals surface area contributed by atoms with Crippen LogP contribution in [0.2, 0.25) is 0 Å². The zero-order valence-electron chi connectivity index (χ0n) is 7.63. The van der Waals surface area contributed by atoms with E-state index < -0.39 is 5.60 Å². The van der Waals surface area contributed by atoms with Gasteiger partial charge in [-0.15, -0.1) is 5.92 Å². The molecular weight excluding hydrogens is 228 g/mol. The largest absolute Gasteiger partial charge is 0.374 e. The fraction of sp³-hybridized carbons (Fsp3) is 0.273. The van der Waals surface area contributed by atoms with Crippen LogP contribution in [0.5, 0.6) is 0 Å². The summed E-state index contributed by atoms with van der Waals surface area (Å²) >= 11 is 3.35. The SMILES string of the molecule is CC#CC(C)(O)c1cccc(Br)c1. The second kappa shape index (κ2) is 3.95. The third-order valence-electron chi connectivity index (χ3n) is 1.76. The van der Waals surface area contributed by atoms with Crippen molar-refractivity contribution in [3.8, 4) is 11.8 Å². The first-order chi connectivity index (χ1) is 6.06. The Balaban J connectivity index is 3.12. The fourth-order valence-electron chi connectivity index (χ4n) is 1.11. The molecule has 1 atom stereocenters. The van der Waals surface area contributed by atoms with Crippen molar-refractivity contribution in [3.05, 3.63) is 34.3 Å². The lowest BCUT2D eigenvalue weighted by Crippen LogP contribution is -2.18. The molecule has 0 spiro atoms. The molecule has 0 saturated heterocycles. The molecule has 13 heavy (non-hydrogen) atoms. The van der Waals surface area contributed by atoms with Crippen LogP contribution >= 0.6 is 15.9 Å². The first-order valence-electron chi connectivity index (χ1n) is 3.98. The van der Waals surface area contributed by atoms with Crippen LogP contribution in [0.1, 0.15) is 19.4 Å². The predicted molar refractivity (Wildman–Crippen MR) is 57.2 cm³/mol. The summed E-state index contributed by atoms with van der Waals surface area (Å²) in [5.41, 5.74) is -0.255. The van der Waals surface area contributed by atoms with Gasteiger partial charge in [0.15, 0.2) is 0 Å². The normalized spacial score (nSPS) is 14.2. The van der Waals surface area contributed by atoms with E-state index in [9.17, 15) is 5.11 Å². The van der Waals surface area contributed by atoms with Crippen LogP contribution < -0.4 is 0 Å². The number of hydrogen-bond donors (Lipinski definition) is 1. The van der Waals surface area contributed by atoms with Crippen molar-refractivity contribution in [3.63, 3.8) is 0 Å². The first kappa shape index (κ1) is 10.3. The monoisotopic (exact) mass is 238 g/mol. The second-order valence-electron chi connectivity index (χ2n) is 2.96. The van der Waals surface area contributed by atoms with Crippen molar-refractivity contribution < 1.29 is 5.11 Å². The van der Waals surface area contributed by atoms with Gasteiger partial charge in [-0.2, -0.15) is 0 Å². The number of aliphatic hydroxyl groups is 1. The van der Waals surface area contributed by atoms with Crippen molar-refractivity contribution in [2.45, 2.75) is 19.4 Å². The maximum absolute atomic E-state index is 9.92. The maximum atomic E-state index is 9.92. The van der Waals surface area contributed by atoms with Gasteiger partial charge in [0.2, 0.25) is 0 Å². The molecule has 0 radical (unpaired) electrons. The Morgan fingerprint density at radius 1 is 1.46 bits per heavy atom. The number of halogens is 1. The molecule has 0 bridgehead atoms. The van der Waals surface area contributed by atoms with Gasteiger partial charge in [0.25, 0.3) is 0 Å². The minimum Gasteiger partial charge on any atom is -0.374 e. The molecule has 0 aliphatic carbocycles. The number of rotatable bonds is 1. The van der Waals surface area contributed by atoms with Crippen LogP contribution in [0, 0.1) is 11.8 Å². The van der Waals surface area contributed by atoms with E-state index in [1.807, 2.05) is 24.3 Å². The van der Waals surface area contributed by atoms with E-state index in [0.717, 1.165) is 10.0 Å². The summed E-state index contributed by atoms with van der Waals surface area (Å²) in [6.45, 7) is 3.40. The molecule has 2 heteroatoms. The van der Waals surface area contributed by atoms with Crippen molar-refractivity contribution in [1.29, 1.82) is 0 Å². The fourth-order valence-corrected chi connectivity index (χ4v) is 1.51. The van der Waals surface area contributed by atoms with Crippen LogP contribution in [0.3, 0.4) is 0 Å². The molecule has 1 N–H and O–H groups in total. The molecule has 1 nitrogen and oxygen atoms in total. The quantitative estimate of drug-likeness (QED) is 0.747. The lowest BCUT2D eigenvalue weighted by molar-refractivity contribution is 0.122. The van der Waals surface area contributed by atoms with Crippen LogP contribution in [-0.4, -0.2) is 5.11 Å². The van der Waals surface area contributed by atoms with E-state index >= 15 is 0 Å². The zero-order chi connectivity index (χ0) is 9.90. The summed E-state index contributed by atoms with van der Waals surface area (Å²) in [5.74, 6) is 5.46. The number of hydrogen-bond acceptors (Lipinski definition) is 1. The Bertz CT molecular complexity index is 358. The summed E-state index contributed by atoms with van der Waals surface area (Å²) in [5, 5.41) is 9.92. The molecular formula is C11H11BrO. The molecule has 0 amide bonds. The molecule has 1 unspecified atom stereocenters. The van der Waals surface area contributed by atoms with Crippen LogP contribution in [0.25, 0.3) is 0 Å². The van der Waals surface area contributed by atoms with Gasteiger partial charge in [0.1, 0.15) is 5.60 Å². The number of benzene rings is 1. The highest BCUT2D eigenvalue weighted by Gasteiger charge is 2.19. The molecule has 1 aromatic rings. The van der Waals surface area contributed by atoms with E-state index in [1.54, 1.807) is 13.8 Å². The Labute approximate surface area is 86.9 Å². The van der Waals surface area contributed by atoms with E-state index in [4.69, 9.17) is 0 Å². The second-order valence-corrected chi connectivity index (χ2v) is 3.87. The van der Waals surface area contributed by atoms with Crippen molar-refractivity contribution in [2.75, 3.05) is 0 Å². The summed E-state index contributed by atoms with van der Waals surface area (Å²) < 4.78 is 0.947. The third-order valence-corrected chi connectivity index (χ3v) is 2.25. The van der Waals surface area contributed by atoms with Crippen molar-refractivity contribution in [2.24, 2.45) is 0 Å². The van der Waals surface area contributed by atoms with Gasteiger partial charge in [-0.3, -0.25) is 0 Å². The third kappa shape index (κ3) is 2.58. The van der Waals surface area contributed by atoms with E-state index in [0.29, 0.717) is 0 Å². The average Bonchev–Trinajstić information content (AvgIpc) is 2.04. The lowest BCUT2D eigenvalue weighted by atomic mass is 9.97. The van der Waals surface area contributed by atoms with Gasteiger partial charge in [-0.25, -0.2) is 0 Å². The van der Waals surface area contributed by atoms with Crippen molar-refractivity contribution >= 4 is 15.9 Å². The first-order valence-corrected chi connectivity index (χ1v) is 4.78. The Morgan fingerprint density at radius 2 is 2.15 bits per heavy atom. The maximum Gasteiger partial charge on any atom is 0.148 e. The summed E-state index contributed by atoms with van der Waals surface area (Å²) in [6, 6.07) is 7.52. The Morgan fingerprint density at radius 3 is 2.69 bits per heavy atom. The predicted octanol–water partition coefficient (Wildman–Crippen LogP) is 2.68. The zero-order valence-corrected chi connectivity index (χ0v) is 9.22. The molecule has 0 fully saturated rings. The average molecular weight is 239 g/mol. The summed E-state index contributed by atoms with van der Waals surface area (Å²) in [4.78, 5) is 0. The summed E-state index contributed by atoms with van der Waals surface area (Å²) in [7, 11) is 0. The standard InChI is InChI=1S/C11H11BrO/c1-3-7-11(2,13)9-5-4-6-10(12)8-9/h4-6,8,13H,1-2H3. The van der Waals surface area contributed by atoms with Gasteiger partial charge >= 0.3 is 0 Å². The highest BCUT2D eigenvalue weighted by Crippen LogP contribution is 2.22. The highest BCUT2D eigenvalue weighted by atomic mass is 79.9. The topological polar surface area (TPSA) is 20.2 Å². The summed E-state index contributed by atoms with van der Waals surface area (Å²) in [6.07, 6.45) is 0. The smallest absolute Gasteiger partial charge is 0.148 e. The molecule has 68 valence electrons. The molecule has 0 aliphatic heterocycles. The van der Waals surface area contributed by atoms with Crippen molar-refractivity contribution in [1.82, 2.24) is 0 Å². The molecule has 1 aromatic carbocycles. The Hall–Kier alpha value is -0.780. The van der Waals surface area contributed by atoms with Gasteiger partial charge in [0, 0.05) is 4.47 Å². The van der Waals surface area contributed by atoms with E-state index in [1.165, 1.54) is 0 Å². The Kier molecular flexibility index (Phi) is 3.13. The van der Waals surface area contributed by atoms with Gasteiger partial charge in [-0.1, -0.05) is 34.0 Å².